The third kappa shape index (κ3) is 4.03. The molecular weight excluding hydrogens is 379 g/mol. The van der Waals surface area contributed by atoms with E-state index in [1.807, 2.05) is 0 Å². The van der Waals surface area contributed by atoms with E-state index in [0.29, 0.717) is 21.4 Å². The first-order valence-corrected chi connectivity index (χ1v) is 7.40. The largest absolute Gasteiger partial charge is 0.488 e. The second-order valence-corrected chi connectivity index (χ2v) is 5.85. The molecule has 0 saturated carbocycles. The molecule has 0 radical (unpaired) electrons. The van der Waals surface area contributed by atoms with Gasteiger partial charge in [0.05, 0.1) is 4.47 Å². The molecule has 0 aliphatic rings. The average Bonchev–Trinajstić information content (AvgIpc) is 2.46. The summed E-state index contributed by atoms with van der Waals surface area (Å²) in [5.41, 5.74) is 6.83. The summed E-state index contributed by atoms with van der Waals surface area (Å²) in [6, 6.07) is 10.3. The van der Waals surface area contributed by atoms with Crippen molar-refractivity contribution in [1.29, 1.82) is 0 Å². The van der Waals surface area contributed by atoms with Gasteiger partial charge in [0.2, 0.25) is 0 Å². The standard InChI is InChI=1S/C14H11BrCl2N2O2/c15-11-6-10(16)3-4-13(11)21-7-9-2-1-8(5-12(9)17)14(18)19-20/h1-6,20H,7H2,(H2,18,19). The van der Waals surface area contributed by atoms with Crippen LogP contribution in [0.5, 0.6) is 5.75 Å². The Morgan fingerprint density at radius 2 is 2.00 bits per heavy atom. The molecule has 7 heteroatoms. The Morgan fingerprint density at radius 1 is 1.24 bits per heavy atom. The second-order valence-electron chi connectivity index (χ2n) is 4.15. The molecule has 2 rings (SSSR count). The van der Waals surface area contributed by atoms with Gasteiger partial charge in [0.1, 0.15) is 12.4 Å². The lowest BCUT2D eigenvalue weighted by Crippen LogP contribution is -2.13. The molecule has 3 N–H and O–H groups in total. The van der Waals surface area contributed by atoms with E-state index in [9.17, 15) is 0 Å². The number of hydrogen-bond acceptors (Lipinski definition) is 3. The van der Waals surface area contributed by atoms with Crippen LogP contribution in [0.25, 0.3) is 0 Å². The number of nitrogens with two attached hydrogens (primary N) is 1. The van der Waals surface area contributed by atoms with Crippen LogP contribution in [-0.4, -0.2) is 11.0 Å². The van der Waals surface area contributed by atoms with Crippen LogP contribution >= 0.6 is 39.1 Å². The van der Waals surface area contributed by atoms with E-state index in [0.717, 1.165) is 10.0 Å². The third-order valence-corrected chi connectivity index (χ3v) is 3.94. The molecule has 0 fully saturated rings. The molecule has 0 amide bonds. The number of rotatable bonds is 4. The third-order valence-electron chi connectivity index (χ3n) is 2.73. The van der Waals surface area contributed by atoms with E-state index in [4.69, 9.17) is 38.9 Å². The molecule has 0 aliphatic heterocycles. The quantitative estimate of drug-likeness (QED) is 0.351. The average molecular weight is 390 g/mol. The number of hydrogen-bond donors (Lipinski definition) is 2. The highest BCUT2D eigenvalue weighted by Crippen LogP contribution is 2.29. The number of nitrogens with zero attached hydrogens (tertiary/aromatic N) is 1. The van der Waals surface area contributed by atoms with Crippen molar-refractivity contribution in [2.75, 3.05) is 0 Å². The van der Waals surface area contributed by atoms with Crippen molar-refractivity contribution in [3.8, 4) is 5.75 Å². The molecule has 0 saturated heterocycles. The summed E-state index contributed by atoms with van der Waals surface area (Å²) >= 11 is 15.4. The Morgan fingerprint density at radius 3 is 2.62 bits per heavy atom. The van der Waals surface area contributed by atoms with Crippen LogP contribution in [0.4, 0.5) is 0 Å². The lowest BCUT2D eigenvalue weighted by atomic mass is 10.1. The minimum atomic E-state index is 0.00446. The molecule has 0 aliphatic carbocycles. The van der Waals surface area contributed by atoms with Crippen LogP contribution in [0.3, 0.4) is 0 Å². The van der Waals surface area contributed by atoms with Crippen molar-refractivity contribution in [3.63, 3.8) is 0 Å². The van der Waals surface area contributed by atoms with Crippen LogP contribution in [0.2, 0.25) is 10.0 Å². The summed E-state index contributed by atoms with van der Waals surface area (Å²) < 4.78 is 6.45. The lowest BCUT2D eigenvalue weighted by Gasteiger charge is -2.10. The zero-order chi connectivity index (χ0) is 15.4. The van der Waals surface area contributed by atoms with Gasteiger partial charge in [-0.15, -0.1) is 0 Å². The summed E-state index contributed by atoms with van der Waals surface area (Å²) in [4.78, 5) is 0. The predicted octanol–water partition coefficient (Wildman–Crippen LogP) is 4.43. The molecule has 2 aromatic rings. The topological polar surface area (TPSA) is 67.8 Å². The van der Waals surface area contributed by atoms with Gasteiger partial charge in [-0.3, -0.25) is 0 Å². The van der Waals surface area contributed by atoms with E-state index < -0.39 is 0 Å². The Hall–Kier alpha value is -1.43. The maximum absolute atomic E-state index is 8.63. The fraction of sp³-hybridized carbons (Fsp3) is 0.0714. The Balaban J connectivity index is 2.13. The normalized spacial score (nSPS) is 11.5. The maximum Gasteiger partial charge on any atom is 0.170 e. The SMILES string of the molecule is N/C(=N/O)c1ccc(COc2ccc(Cl)cc2Br)c(Cl)c1. The fourth-order valence-corrected chi connectivity index (χ4v) is 2.66. The van der Waals surface area contributed by atoms with Gasteiger partial charge in [-0.1, -0.05) is 40.5 Å². The smallest absolute Gasteiger partial charge is 0.170 e. The molecule has 0 atom stereocenters. The van der Waals surface area contributed by atoms with Crippen LogP contribution in [0.15, 0.2) is 46.0 Å². The van der Waals surface area contributed by atoms with Crippen molar-refractivity contribution < 1.29 is 9.94 Å². The summed E-state index contributed by atoms with van der Waals surface area (Å²) in [5, 5.41) is 12.7. The predicted molar refractivity (Wildman–Crippen MR) is 87.4 cm³/mol. The van der Waals surface area contributed by atoms with Gasteiger partial charge >= 0.3 is 0 Å². The fourth-order valence-electron chi connectivity index (χ4n) is 1.63. The Bertz CT molecular complexity index is 693. The van der Waals surface area contributed by atoms with Crippen molar-refractivity contribution >= 4 is 45.0 Å². The van der Waals surface area contributed by atoms with E-state index in [1.54, 1.807) is 36.4 Å². The van der Waals surface area contributed by atoms with Gasteiger partial charge in [-0.2, -0.15) is 0 Å². The van der Waals surface area contributed by atoms with Crippen LogP contribution in [0, 0.1) is 0 Å². The molecule has 0 unspecified atom stereocenters. The molecule has 0 bridgehead atoms. The molecule has 110 valence electrons. The highest BCUT2D eigenvalue weighted by atomic mass is 79.9. The zero-order valence-corrected chi connectivity index (χ0v) is 13.8. The zero-order valence-electron chi connectivity index (χ0n) is 10.7. The van der Waals surface area contributed by atoms with Gasteiger partial charge in [0, 0.05) is 21.2 Å². The highest BCUT2D eigenvalue weighted by Gasteiger charge is 2.07. The molecule has 0 heterocycles. The van der Waals surface area contributed by atoms with Gasteiger partial charge in [-0.05, 0) is 40.2 Å². The van der Waals surface area contributed by atoms with Crippen LogP contribution < -0.4 is 10.5 Å². The van der Waals surface area contributed by atoms with Gasteiger partial charge in [0.25, 0.3) is 0 Å². The maximum atomic E-state index is 8.63. The number of ether oxygens (including phenoxy) is 1. The van der Waals surface area contributed by atoms with E-state index in [-0.39, 0.29) is 12.4 Å². The minimum absolute atomic E-state index is 0.00446. The van der Waals surface area contributed by atoms with Gasteiger partial charge in [0.15, 0.2) is 5.84 Å². The highest BCUT2D eigenvalue weighted by molar-refractivity contribution is 9.10. The van der Waals surface area contributed by atoms with Crippen LogP contribution in [0.1, 0.15) is 11.1 Å². The van der Waals surface area contributed by atoms with Crippen molar-refractivity contribution in [1.82, 2.24) is 0 Å². The number of benzene rings is 2. The molecule has 0 aromatic heterocycles. The molecule has 21 heavy (non-hydrogen) atoms. The van der Waals surface area contributed by atoms with E-state index in [1.165, 1.54) is 0 Å². The Labute approximate surface area is 140 Å². The van der Waals surface area contributed by atoms with Crippen molar-refractivity contribution in [2.45, 2.75) is 6.61 Å². The Kier molecular flexibility index (Phi) is 5.33. The van der Waals surface area contributed by atoms with E-state index >= 15 is 0 Å². The summed E-state index contributed by atoms with van der Waals surface area (Å²) in [6.07, 6.45) is 0. The monoisotopic (exact) mass is 388 g/mol. The number of halogens is 3. The molecular formula is C14H11BrCl2N2O2. The number of amidine groups is 1. The van der Waals surface area contributed by atoms with Gasteiger partial charge in [-0.25, -0.2) is 0 Å². The summed E-state index contributed by atoms with van der Waals surface area (Å²) in [6.45, 7) is 0.287. The first kappa shape index (κ1) is 15.9. The second kappa shape index (κ2) is 7.02. The molecule has 2 aromatic carbocycles. The first-order valence-electron chi connectivity index (χ1n) is 5.85. The number of oxime groups is 1. The van der Waals surface area contributed by atoms with Crippen molar-refractivity contribution in [3.05, 3.63) is 62.0 Å². The minimum Gasteiger partial charge on any atom is -0.488 e. The van der Waals surface area contributed by atoms with Crippen LogP contribution in [-0.2, 0) is 6.61 Å². The molecule has 4 nitrogen and oxygen atoms in total. The first-order chi connectivity index (χ1) is 10.0. The van der Waals surface area contributed by atoms with Gasteiger partial charge < -0.3 is 15.7 Å². The van der Waals surface area contributed by atoms with Crippen molar-refractivity contribution in [2.24, 2.45) is 10.9 Å². The summed E-state index contributed by atoms with van der Waals surface area (Å²) in [5.74, 6) is 0.667. The lowest BCUT2D eigenvalue weighted by molar-refractivity contribution is 0.304. The van der Waals surface area contributed by atoms with E-state index in [2.05, 4.69) is 21.1 Å². The summed E-state index contributed by atoms with van der Waals surface area (Å²) in [7, 11) is 0. The molecule has 0 spiro atoms.